The fourth-order valence-corrected chi connectivity index (χ4v) is 2.35. The van der Waals surface area contributed by atoms with Gasteiger partial charge in [-0.25, -0.2) is 15.0 Å². The van der Waals surface area contributed by atoms with Crippen molar-refractivity contribution in [3.8, 4) is 0 Å². The molecule has 1 aromatic rings. The van der Waals surface area contributed by atoms with Gasteiger partial charge in [0.05, 0.1) is 10.5 Å². The molecule has 0 aliphatic carbocycles. The third-order valence-corrected chi connectivity index (χ3v) is 3.52. The number of hydrogen-bond acceptors (Lipinski definition) is 7. The number of aldehydes is 1. The number of para-hydroxylation sites is 1. The van der Waals surface area contributed by atoms with Crippen molar-refractivity contribution in [1.29, 1.82) is 0 Å². The highest BCUT2D eigenvalue weighted by atomic mass is 16.6. The zero-order valence-electron chi connectivity index (χ0n) is 17.6. The number of hydrogen-bond donors (Lipinski definition) is 1. The Bertz CT molecular complexity index is 796. The van der Waals surface area contributed by atoms with Crippen molar-refractivity contribution in [2.45, 2.75) is 65.2 Å². The van der Waals surface area contributed by atoms with E-state index in [0.29, 0.717) is 11.3 Å². The Kier molecular flexibility index (Phi) is 6.96. The third-order valence-electron chi connectivity index (χ3n) is 3.52. The van der Waals surface area contributed by atoms with Crippen molar-refractivity contribution in [2.24, 2.45) is 0 Å². The molecule has 1 atom stereocenters. The smallest absolute Gasteiger partial charge is 0.430 e. The van der Waals surface area contributed by atoms with E-state index < -0.39 is 39.5 Å². The number of ether oxygens (including phenoxy) is 2. The van der Waals surface area contributed by atoms with Gasteiger partial charge in [0.15, 0.2) is 11.8 Å². The van der Waals surface area contributed by atoms with Gasteiger partial charge < -0.3 is 14.3 Å². The Morgan fingerprint density at radius 1 is 1.03 bits per heavy atom. The summed E-state index contributed by atoms with van der Waals surface area (Å²) < 4.78 is 10.4. The summed E-state index contributed by atoms with van der Waals surface area (Å²) in [5, 5.41) is 12.1. The lowest BCUT2D eigenvalue weighted by Gasteiger charge is -2.37. The minimum absolute atomic E-state index is 0.109. The van der Waals surface area contributed by atoms with Gasteiger partial charge in [-0.2, -0.15) is 5.01 Å². The van der Waals surface area contributed by atoms with E-state index in [9.17, 15) is 24.5 Å². The predicted octanol–water partition coefficient (Wildman–Crippen LogP) is 3.69. The standard InChI is InChI=1S/C19H27N3O7/c1-17(2,3)28-15(24)20-21(16(25)29-18(4,5)6)19(7,12-23)13-10-8-9-11-14(13)22(26)27/h8-12H,1-7H3,(H,20,24)/t19-/m1/s1. The lowest BCUT2D eigenvalue weighted by molar-refractivity contribution is -0.386. The maximum Gasteiger partial charge on any atom is 0.430 e. The van der Waals surface area contributed by atoms with Gasteiger partial charge in [0.2, 0.25) is 0 Å². The normalized spacial score (nSPS) is 13.6. The molecule has 0 spiro atoms. The van der Waals surface area contributed by atoms with Crippen LogP contribution in [0.3, 0.4) is 0 Å². The van der Waals surface area contributed by atoms with Gasteiger partial charge in [-0.05, 0) is 54.5 Å². The van der Waals surface area contributed by atoms with Crippen LogP contribution in [0.4, 0.5) is 15.3 Å². The molecule has 29 heavy (non-hydrogen) atoms. The molecule has 10 heteroatoms. The second-order valence-corrected chi connectivity index (χ2v) is 8.47. The Hall–Kier alpha value is -3.17. The molecule has 0 aliphatic heterocycles. The number of hydrazine groups is 1. The second-order valence-electron chi connectivity index (χ2n) is 8.47. The van der Waals surface area contributed by atoms with E-state index in [1.807, 2.05) is 0 Å². The average Bonchev–Trinajstić information content (AvgIpc) is 2.55. The molecule has 0 heterocycles. The SMILES string of the molecule is CC(C)(C)OC(=O)NN(C(=O)OC(C)(C)C)[C@](C)(C=O)c1ccccc1[N+](=O)[O-]. The number of nitrogens with zero attached hydrogens (tertiary/aromatic N) is 2. The van der Waals surface area contributed by atoms with Gasteiger partial charge in [0.1, 0.15) is 11.2 Å². The zero-order chi connectivity index (χ0) is 22.6. The summed E-state index contributed by atoms with van der Waals surface area (Å²) in [6, 6.07) is 5.41. The number of benzene rings is 1. The molecule has 0 fully saturated rings. The van der Waals surface area contributed by atoms with Crippen molar-refractivity contribution in [1.82, 2.24) is 10.4 Å². The number of carbonyl (C=O) groups is 3. The van der Waals surface area contributed by atoms with Crippen molar-refractivity contribution < 1.29 is 28.8 Å². The molecule has 0 radical (unpaired) electrons. The Morgan fingerprint density at radius 2 is 1.55 bits per heavy atom. The van der Waals surface area contributed by atoms with E-state index in [0.717, 1.165) is 0 Å². The van der Waals surface area contributed by atoms with Crippen LogP contribution < -0.4 is 5.43 Å². The Labute approximate surface area is 169 Å². The summed E-state index contributed by atoms with van der Waals surface area (Å²) in [4.78, 5) is 48.0. The Balaban J connectivity index is 3.51. The van der Waals surface area contributed by atoms with Gasteiger partial charge in [-0.1, -0.05) is 12.1 Å². The molecular weight excluding hydrogens is 382 g/mol. The molecule has 1 aromatic carbocycles. The van der Waals surface area contributed by atoms with Crippen LogP contribution in [0, 0.1) is 10.1 Å². The van der Waals surface area contributed by atoms with Gasteiger partial charge in [-0.3, -0.25) is 10.1 Å². The molecule has 0 saturated carbocycles. The van der Waals surface area contributed by atoms with E-state index >= 15 is 0 Å². The summed E-state index contributed by atoms with van der Waals surface area (Å²) in [6.07, 6.45) is -1.80. The molecule has 2 amide bonds. The topological polar surface area (TPSA) is 128 Å². The van der Waals surface area contributed by atoms with E-state index in [1.165, 1.54) is 31.2 Å². The lowest BCUT2D eigenvalue weighted by atomic mass is 9.91. The molecule has 0 unspecified atom stereocenters. The molecular formula is C19H27N3O7. The summed E-state index contributed by atoms with van der Waals surface area (Å²) in [5.74, 6) is 0. The number of carbonyl (C=O) groups excluding carboxylic acids is 3. The van der Waals surface area contributed by atoms with Crippen LogP contribution in [0.1, 0.15) is 54.0 Å². The molecule has 0 saturated heterocycles. The van der Waals surface area contributed by atoms with Crippen LogP contribution in [0.15, 0.2) is 24.3 Å². The van der Waals surface area contributed by atoms with Crippen molar-refractivity contribution in [3.63, 3.8) is 0 Å². The fourth-order valence-electron chi connectivity index (χ4n) is 2.35. The lowest BCUT2D eigenvalue weighted by Crippen LogP contribution is -2.59. The van der Waals surface area contributed by atoms with E-state index in [4.69, 9.17) is 9.47 Å². The minimum Gasteiger partial charge on any atom is -0.443 e. The van der Waals surface area contributed by atoms with Crippen LogP contribution in [-0.2, 0) is 19.8 Å². The average molecular weight is 409 g/mol. The first-order valence-electron chi connectivity index (χ1n) is 8.84. The van der Waals surface area contributed by atoms with Crippen molar-refractivity contribution >= 4 is 24.2 Å². The quantitative estimate of drug-likeness (QED) is 0.456. The molecule has 1 rings (SSSR count). The number of nitro groups is 1. The van der Waals surface area contributed by atoms with E-state index in [2.05, 4.69) is 5.43 Å². The number of rotatable bonds is 4. The van der Waals surface area contributed by atoms with Crippen molar-refractivity contribution in [3.05, 3.63) is 39.9 Å². The van der Waals surface area contributed by atoms with Gasteiger partial charge in [-0.15, -0.1) is 0 Å². The summed E-state index contributed by atoms with van der Waals surface area (Å²) in [5.41, 5.74) is -2.12. The highest BCUT2D eigenvalue weighted by Gasteiger charge is 2.45. The third kappa shape index (κ3) is 6.44. The molecule has 160 valence electrons. The number of nitro benzene ring substituents is 1. The molecule has 10 nitrogen and oxygen atoms in total. The summed E-state index contributed by atoms with van der Waals surface area (Å²) in [6.45, 7) is 10.9. The Morgan fingerprint density at radius 3 is 2.00 bits per heavy atom. The monoisotopic (exact) mass is 409 g/mol. The van der Waals surface area contributed by atoms with Gasteiger partial charge in [0.25, 0.3) is 5.69 Å². The summed E-state index contributed by atoms with van der Waals surface area (Å²) in [7, 11) is 0. The van der Waals surface area contributed by atoms with E-state index in [1.54, 1.807) is 41.5 Å². The summed E-state index contributed by atoms with van der Waals surface area (Å²) >= 11 is 0. The van der Waals surface area contributed by atoms with Gasteiger partial charge in [0, 0.05) is 6.07 Å². The van der Waals surface area contributed by atoms with Crippen LogP contribution in [-0.4, -0.2) is 39.6 Å². The molecule has 1 N–H and O–H groups in total. The first-order valence-corrected chi connectivity index (χ1v) is 8.84. The van der Waals surface area contributed by atoms with Crippen LogP contribution in [0.5, 0.6) is 0 Å². The predicted molar refractivity (Wildman–Crippen MR) is 104 cm³/mol. The first-order chi connectivity index (χ1) is 13.1. The second kappa shape index (κ2) is 8.46. The first kappa shape index (κ1) is 23.9. The minimum atomic E-state index is -1.96. The molecule has 0 aromatic heterocycles. The fraction of sp³-hybridized carbons (Fsp3) is 0.526. The van der Waals surface area contributed by atoms with Crippen molar-refractivity contribution in [2.75, 3.05) is 0 Å². The highest BCUT2D eigenvalue weighted by Crippen LogP contribution is 2.33. The number of nitrogens with one attached hydrogen (secondary N) is 1. The van der Waals surface area contributed by atoms with Crippen LogP contribution >= 0.6 is 0 Å². The maximum absolute atomic E-state index is 12.8. The van der Waals surface area contributed by atoms with E-state index in [-0.39, 0.29) is 5.56 Å². The van der Waals surface area contributed by atoms with Crippen LogP contribution in [0.25, 0.3) is 0 Å². The maximum atomic E-state index is 12.8. The molecule has 0 aliphatic rings. The van der Waals surface area contributed by atoms with Crippen LogP contribution in [0.2, 0.25) is 0 Å². The largest absolute Gasteiger partial charge is 0.443 e. The zero-order valence-corrected chi connectivity index (χ0v) is 17.6. The highest BCUT2D eigenvalue weighted by molar-refractivity contribution is 5.82. The van der Waals surface area contributed by atoms with Gasteiger partial charge >= 0.3 is 12.2 Å². The number of amides is 2. The molecule has 0 bridgehead atoms.